The number of carbonyl (C=O) groups excluding carboxylic acids is 1. The molecule has 1 aliphatic heterocycles. The van der Waals surface area contributed by atoms with Crippen LogP contribution in [0.4, 0.5) is 0 Å². The van der Waals surface area contributed by atoms with Gasteiger partial charge in [0, 0.05) is 30.4 Å². The molecule has 1 fully saturated rings. The molecule has 2 nitrogen and oxygen atoms in total. The molecule has 11 heavy (non-hydrogen) atoms. The maximum Gasteiger partial charge on any atom is 0.138 e. The molecule has 0 aromatic rings. The Kier molecular flexibility index (Phi) is 3.40. The molecule has 0 bridgehead atoms. The first kappa shape index (κ1) is 9.07. The van der Waals surface area contributed by atoms with Gasteiger partial charge in [-0.15, -0.1) is 0 Å². The maximum absolute atomic E-state index is 11.3. The molecule has 0 aromatic carbocycles. The summed E-state index contributed by atoms with van der Waals surface area (Å²) < 4.78 is 0. The predicted molar refractivity (Wildman–Crippen MR) is 49.0 cm³/mol. The molecule has 0 spiro atoms. The van der Waals surface area contributed by atoms with E-state index in [-0.39, 0.29) is 0 Å². The van der Waals surface area contributed by atoms with E-state index in [4.69, 9.17) is 0 Å². The molecule has 1 unspecified atom stereocenters. The predicted octanol–water partition coefficient (Wildman–Crippen LogP) is 0.870. The van der Waals surface area contributed by atoms with Crippen molar-refractivity contribution in [2.75, 3.05) is 32.1 Å². The van der Waals surface area contributed by atoms with E-state index in [1.807, 2.05) is 25.9 Å². The lowest BCUT2D eigenvalue weighted by Crippen LogP contribution is -2.32. The third-order valence-electron chi connectivity index (χ3n) is 1.85. The van der Waals surface area contributed by atoms with Crippen molar-refractivity contribution in [2.45, 2.75) is 6.42 Å². The third-order valence-corrected chi connectivity index (χ3v) is 2.98. The molecule has 1 atom stereocenters. The molecular weight excluding hydrogens is 158 g/mol. The summed E-state index contributed by atoms with van der Waals surface area (Å²) in [6, 6.07) is 0. The van der Waals surface area contributed by atoms with Gasteiger partial charge in [0.1, 0.15) is 5.78 Å². The third kappa shape index (κ3) is 2.83. The van der Waals surface area contributed by atoms with Crippen molar-refractivity contribution in [1.29, 1.82) is 0 Å². The topological polar surface area (TPSA) is 20.3 Å². The summed E-state index contributed by atoms with van der Waals surface area (Å²) in [7, 11) is 4.04. The van der Waals surface area contributed by atoms with Gasteiger partial charge < -0.3 is 4.90 Å². The Bertz CT molecular complexity index is 147. The fourth-order valence-corrected chi connectivity index (χ4v) is 2.38. The van der Waals surface area contributed by atoms with Gasteiger partial charge in [-0.25, -0.2) is 0 Å². The van der Waals surface area contributed by atoms with Crippen LogP contribution in [0.2, 0.25) is 0 Å². The second kappa shape index (κ2) is 4.12. The van der Waals surface area contributed by atoms with Crippen molar-refractivity contribution in [3.8, 4) is 0 Å². The summed E-state index contributed by atoms with van der Waals surface area (Å²) in [4.78, 5) is 13.4. The standard InChI is InChI=1S/C8H15NOS/c1-9(2)5-7-6-11-4-3-8(7)10/h7H,3-6H2,1-2H3. The lowest BCUT2D eigenvalue weighted by molar-refractivity contribution is -0.122. The van der Waals surface area contributed by atoms with Crippen molar-refractivity contribution >= 4 is 17.5 Å². The second-order valence-corrected chi connectivity index (χ2v) is 4.40. The van der Waals surface area contributed by atoms with Gasteiger partial charge in [-0.2, -0.15) is 11.8 Å². The van der Waals surface area contributed by atoms with Crippen LogP contribution >= 0.6 is 11.8 Å². The number of ketones is 1. The number of thioether (sulfide) groups is 1. The minimum Gasteiger partial charge on any atom is -0.309 e. The van der Waals surface area contributed by atoms with Gasteiger partial charge in [0.15, 0.2) is 0 Å². The summed E-state index contributed by atoms with van der Waals surface area (Å²) in [5, 5.41) is 0. The van der Waals surface area contributed by atoms with Crippen molar-refractivity contribution in [2.24, 2.45) is 5.92 Å². The zero-order valence-electron chi connectivity index (χ0n) is 7.17. The SMILES string of the molecule is CN(C)CC1CSCCC1=O. The number of carbonyl (C=O) groups is 1. The number of rotatable bonds is 2. The fraction of sp³-hybridized carbons (Fsp3) is 0.875. The minimum absolute atomic E-state index is 0.295. The normalized spacial score (nSPS) is 26.1. The maximum atomic E-state index is 11.3. The fourth-order valence-electron chi connectivity index (χ4n) is 1.29. The lowest BCUT2D eigenvalue weighted by atomic mass is 10.0. The van der Waals surface area contributed by atoms with Crippen LogP contribution in [0.5, 0.6) is 0 Å². The number of hydrogen-bond acceptors (Lipinski definition) is 3. The van der Waals surface area contributed by atoms with Gasteiger partial charge in [0.25, 0.3) is 0 Å². The number of nitrogens with zero attached hydrogens (tertiary/aromatic N) is 1. The van der Waals surface area contributed by atoms with E-state index < -0.39 is 0 Å². The first-order chi connectivity index (χ1) is 5.20. The van der Waals surface area contributed by atoms with Crippen LogP contribution in [0.3, 0.4) is 0 Å². The molecule has 1 saturated heterocycles. The van der Waals surface area contributed by atoms with E-state index in [1.165, 1.54) is 0 Å². The van der Waals surface area contributed by atoms with Crippen molar-refractivity contribution in [3.05, 3.63) is 0 Å². The van der Waals surface area contributed by atoms with E-state index in [0.717, 1.165) is 24.5 Å². The molecule has 1 heterocycles. The van der Waals surface area contributed by atoms with Crippen molar-refractivity contribution < 1.29 is 4.79 Å². The highest BCUT2D eigenvalue weighted by molar-refractivity contribution is 7.99. The highest BCUT2D eigenvalue weighted by atomic mass is 32.2. The van der Waals surface area contributed by atoms with Gasteiger partial charge in [0.05, 0.1) is 0 Å². The summed E-state index contributed by atoms with van der Waals surface area (Å²) in [6.45, 7) is 0.922. The first-order valence-corrected chi connectivity index (χ1v) is 5.11. The van der Waals surface area contributed by atoms with E-state index in [2.05, 4.69) is 4.90 Å². The largest absolute Gasteiger partial charge is 0.309 e. The molecule has 1 aliphatic rings. The molecule has 0 amide bonds. The van der Waals surface area contributed by atoms with Crippen LogP contribution in [0.25, 0.3) is 0 Å². The smallest absolute Gasteiger partial charge is 0.138 e. The minimum atomic E-state index is 0.295. The molecule has 0 saturated carbocycles. The summed E-state index contributed by atoms with van der Waals surface area (Å²) >= 11 is 1.90. The van der Waals surface area contributed by atoms with Crippen LogP contribution in [-0.4, -0.2) is 42.8 Å². The van der Waals surface area contributed by atoms with Gasteiger partial charge >= 0.3 is 0 Å². The molecular formula is C8H15NOS. The Labute approximate surface area is 72.3 Å². The Morgan fingerprint density at radius 2 is 2.36 bits per heavy atom. The van der Waals surface area contributed by atoms with Gasteiger partial charge in [-0.05, 0) is 14.1 Å². The molecule has 3 heteroatoms. The van der Waals surface area contributed by atoms with Gasteiger partial charge in [-0.1, -0.05) is 0 Å². The zero-order valence-corrected chi connectivity index (χ0v) is 7.99. The van der Waals surface area contributed by atoms with Crippen LogP contribution in [-0.2, 0) is 4.79 Å². The Hall–Kier alpha value is -0.0200. The van der Waals surface area contributed by atoms with Crippen LogP contribution in [0.15, 0.2) is 0 Å². The zero-order chi connectivity index (χ0) is 8.27. The van der Waals surface area contributed by atoms with Crippen molar-refractivity contribution in [3.63, 3.8) is 0 Å². The molecule has 64 valence electrons. The highest BCUT2D eigenvalue weighted by Crippen LogP contribution is 2.19. The summed E-state index contributed by atoms with van der Waals surface area (Å²) in [6.07, 6.45) is 0.781. The van der Waals surface area contributed by atoms with Gasteiger partial charge in [0.2, 0.25) is 0 Å². The number of hydrogen-bond donors (Lipinski definition) is 0. The average Bonchev–Trinajstić information content (AvgIpc) is 1.93. The first-order valence-electron chi connectivity index (χ1n) is 3.95. The molecule has 0 aliphatic carbocycles. The van der Waals surface area contributed by atoms with E-state index in [9.17, 15) is 4.79 Å². The van der Waals surface area contributed by atoms with Crippen LogP contribution in [0.1, 0.15) is 6.42 Å². The summed E-state index contributed by atoms with van der Waals surface area (Å²) in [5.74, 6) is 2.81. The average molecular weight is 173 g/mol. The van der Waals surface area contributed by atoms with E-state index >= 15 is 0 Å². The Morgan fingerprint density at radius 1 is 1.64 bits per heavy atom. The highest BCUT2D eigenvalue weighted by Gasteiger charge is 2.22. The Balaban J connectivity index is 2.36. The van der Waals surface area contributed by atoms with Crippen LogP contribution < -0.4 is 0 Å². The monoisotopic (exact) mass is 173 g/mol. The molecule has 0 aromatic heterocycles. The van der Waals surface area contributed by atoms with E-state index in [1.54, 1.807) is 0 Å². The second-order valence-electron chi connectivity index (χ2n) is 3.25. The quantitative estimate of drug-likeness (QED) is 0.618. The number of Topliss-reactive ketones (excluding diaryl/α,β-unsaturated/α-hetero) is 1. The molecule has 0 N–H and O–H groups in total. The molecule has 1 rings (SSSR count). The van der Waals surface area contributed by atoms with Crippen LogP contribution in [0, 0.1) is 5.92 Å². The van der Waals surface area contributed by atoms with Crippen molar-refractivity contribution in [1.82, 2.24) is 4.90 Å². The lowest BCUT2D eigenvalue weighted by Gasteiger charge is -2.22. The van der Waals surface area contributed by atoms with Gasteiger partial charge in [-0.3, -0.25) is 4.79 Å². The van der Waals surface area contributed by atoms with E-state index in [0.29, 0.717) is 11.7 Å². The summed E-state index contributed by atoms with van der Waals surface area (Å²) in [5.41, 5.74) is 0. The Morgan fingerprint density at radius 3 is 2.91 bits per heavy atom. The molecule has 0 radical (unpaired) electrons.